The Hall–Kier alpha value is -4.28. The van der Waals surface area contributed by atoms with Crippen LogP contribution in [0.5, 0.6) is 0 Å². The number of hydrogen-bond acceptors (Lipinski definition) is 6. The highest BCUT2D eigenvalue weighted by atomic mass is 19.1. The van der Waals surface area contributed by atoms with Gasteiger partial charge in [-0.3, -0.25) is 23.9 Å². The molecular formula is C27H31FN6O4. The van der Waals surface area contributed by atoms with Crippen molar-refractivity contribution in [3.63, 3.8) is 0 Å². The molecule has 38 heavy (non-hydrogen) atoms. The maximum atomic E-state index is 14.8. The second-order valence-electron chi connectivity index (χ2n) is 9.20. The van der Waals surface area contributed by atoms with Crippen molar-refractivity contribution in [1.29, 1.82) is 0 Å². The Balaban J connectivity index is 1.51. The van der Waals surface area contributed by atoms with Gasteiger partial charge in [-0.2, -0.15) is 0 Å². The second-order valence-corrected chi connectivity index (χ2v) is 9.20. The first kappa shape index (κ1) is 26.8. The van der Waals surface area contributed by atoms with Crippen molar-refractivity contribution in [2.75, 3.05) is 31.6 Å². The highest BCUT2D eigenvalue weighted by Gasteiger charge is 2.30. The summed E-state index contributed by atoms with van der Waals surface area (Å²) in [6.07, 6.45) is 4.35. The molecule has 1 aliphatic heterocycles. The van der Waals surface area contributed by atoms with Crippen LogP contribution in [0.3, 0.4) is 0 Å². The minimum Gasteiger partial charge on any atom is -0.364 e. The SMILES string of the molecule is CCc1cn(Cc2ccc(F)c(C(=O)N3CCN(c4ccc(C(=O)NC)nc4)[C@H](CC)C3)c2)c(=O)[nH]c1=O. The maximum Gasteiger partial charge on any atom is 0.328 e. The van der Waals surface area contributed by atoms with E-state index in [4.69, 9.17) is 0 Å². The van der Waals surface area contributed by atoms with Crippen molar-refractivity contribution >= 4 is 17.5 Å². The van der Waals surface area contributed by atoms with Crippen molar-refractivity contribution in [3.8, 4) is 0 Å². The van der Waals surface area contributed by atoms with Gasteiger partial charge in [-0.15, -0.1) is 0 Å². The smallest absolute Gasteiger partial charge is 0.328 e. The summed E-state index contributed by atoms with van der Waals surface area (Å²) in [7, 11) is 1.55. The van der Waals surface area contributed by atoms with Crippen molar-refractivity contribution in [2.24, 2.45) is 0 Å². The van der Waals surface area contributed by atoms with Gasteiger partial charge in [0.25, 0.3) is 17.4 Å². The zero-order valence-electron chi connectivity index (χ0n) is 21.7. The van der Waals surface area contributed by atoms with E-state index in [-0.39, 0.29) is 24.1 Å². The van der Waals surface area contributed by atoms with Crippen LogP contribution < -0.4 is 21.5 Å². The lowest BCUT2D eigenvalue weighted by Gasteiger charge is -2.42. The van der Waals surface area contributed by atoms with Gasteiger partial charge in [-0.25, -0.2) is 14.2 Å². The zero-order chi connectivity index (χ0) is 27.4. The summed E-state index contributed by atoms with van der Waals surface area (Å²) in [5, 5.41) is 2.55. The topological polar surface area (TPSA) is 120 Å². The summed E-state index contributed by atoms with van der Waals surface area (Å²) in [6.45, 7) is 5.23. The number of rotatable bonds is 7. The largest absolute Gasteiger partial charge is 0.364 e. The van der Waals surface area contributed by atoms with Crippen LogP contribution in [-0.2, 0) is 13.0 Å². The highest BCUT2D eigenvalue weighted by molar-refractivity contribution is 5.95. The van der Waals surface area contributed by atoms with E-state index >= 15 is 0 Å². The van der Waals surface area contributed by atoms with Crippen LogP contribution in [0.4, 0.5) is 10.1 Å². The number of anilines is 1. The summed E-state index contributed by atoms with van der Waals surface area (Å²) in [5.74, 6) is -1.32. The predicted molar refractivity (Wildman–Crippen MR) is 141 cm³/mol. The molecule has 1 aromatic carbocycles. The molecule has 1 aliphatic rings. The quantitative estimate of drug-likeness (QED) is 0.488. The Kier molecular flexibility index (Phi) is 8.04. The summed E-state index contributed by atoms with van der Waals surface area (Å²) in [6, 6.07) is 7.71. The number of carbonyl (C=O) groups is 2. The molecule has 200 valence electrons. The minimum absolute atomic E-state index is 0.0150. The van der Waals surface area contributed by atoms with Gasteiger partial charge in [-0.1, -0.05) is 19.9 Å². The average Bonchev–Trinajstić information content (AvgIpc) is 2.94. The standard InChI is InChI=1S/C27H31FN6O4/c1-4-18-15-33(27(38)31-24(18)35)14-17-6-8-22(28)21(12-17)26(37)32-10-11-34(19(5-2)16-32)20-7-9-23(30-13-20)25(36)29-3/h6-9,12-13,15,19H,4-5,10-11,14,16H2,1-3H3,(H,29,36)(H,31,35,38)/t19-/m1/s1. The number of amides is 2. The van der Waals surface area contributed by atoms with Gasteiger partial charge in [0, 0.05) is 44.5 Å². The molecule has 1 atom stereocenters. The lowest BCUT2D eigenvalue weighted by atomic mass is 10.0. The Morgan fingerprint density at radius 1 is 1.16 bits per heavy atom. The number of aromatic nitrogens is 3. The van der Waals surface area contributed by atoms with Gasteiger partial charge in [0.15, 0.2) is 0 Å². The molecule has 2 N–H and O–H groups in total. The van der Waals surface area contributed by atoms with Gasteiger partial charge in [-0.05, 0) is 42.7 Å². The van der Waals surface area contributed by atoms with E-state index in [1.165, 1.54) is 29.0 Å². The third kappa shape index (κ3) is 5.51. The van der Waals surface area contributed by atoms with Gasteiger partial charge in [0.1, 0.15) is 11.5 Å². The molecular weight excluding hydrogens is 491 g/mol. The van der Waals surface area contributed by atoms with Gasteiger partial charge in [0.2, 0.25) is 0 Å². The van der Waals surface area contributed by atoms with Crippen LogP contribution in [0.1, 0.15) is 52.2 Å². The molecule has 11 heteroatoms. The number of H-pyrrole nitrogens is 1. The number of benzene rings is 1. The lowest BCUT2D eigenvalue weighted by molar-refractivity contribution is 0.0715. The van der Waals surface area contributed by atoms with Crippen LogP contribution in [0.2, 0.25) is 0 Å². The summed E-state index contributed by atoms with van der Waals surface area (Å²) >= 11 is 0. The van der Waals surface area contributed by atoms with Crippen LogP contribution in [0.15, 0.2) is 52.3 Å². The lowest BCUT2D eigenvalue weighted by Crippen LogP contribution is -2.55. The van der Waals surface area contributed by atoms with Crippen LogP contribution in [-0.4, -0.2) is 64.0 Å². The average molecular weight is 523 g/mol. The van der Waals surface area contributed by atoms with Crippen LogP contribution in [0.25, 0.3) is 0 Å². The number of aromatic amines is 1. The number of nitrogens with zero attached hydrogens (tertiary/aromatic N) is 4. The Bertz CT molecular complexity index is 1450. The number of nitrogens with one attached hydrogen (secondary N) is 2. The van der Waals surface area contributed by atoms with Gasteiger partial charge >= 0.3 is 5.69 Å². The summed E-state index contributed by atoms with van der Waals surface area (Å²) in [4.78, 5) is 59.6. The number of pyridine rings is 1. The fraction of sp³-hybridized carbons (Fsp3) is 0.370. The van der Waals surface area contributed by atoms with Gasteiger partial charge < -0.3 is 15.1 Å². The Labute approximate surface area is 219 Å². The fourth-order valence-corrected chi connectivity index (χ4v) is 4.67. The molecule has 3 heterocycles. The molecule has 4 rings (SSSR count). The normalized spacial score (nSPS) is 15.4. The highest BCUT2D eigenvalue weighted by Crippen LogP contribution is 2.24. The molecule has 0 aliphatic carbocycles. The fourth-order valence-electron chi connectivity index (χ4n) is 4.67. The second kappa shape index (κ2) is 11.4. The Morgan fingerprint density at radius 3 is 2.61 bits per heavy atom. The third-order valence-corrected chi connectivity index (χ3v) is 6.86. The number of carbonyl (C=O) groups excluding carboxylic acids is 2. The molecule has 0 radical (unpaired) electrons. The molecule has 0 saturated carbocycles. The van der Waals surface area contributed by atoms with Crippen LogP contribution in [0, 0.1) is 5.82 Å². The van der Waals surface area contributed by atoms with Gasteiger partial charge in [0.05, 0.1) is 24.0 Å². The first-order valence-corrected chi connectivity index (χ1v) is 12.6. The molecule has 1 saturated heterocycles. The van der Waals surface area contributed by atoms with E-state index in [0.717, 1.165) is 12.1 Å². The van der Waals surface area contributed by atoms with E-state index in [1.54, 1.807) is 24.2 Å². The van der Waals surface area contributed by atoms with E-state index in [0.29, 0.717) is 42.9 Å². The van der Waals surface area contributed by atoms with E-state index in [1.807, 2.05) is 19.9 Å². The van der Waals surface area contributed by atoms with Crippen LogP contribution >= 0.6 is 0 Å². The maximum absolute atomic E-state index is 14.8. The Morgan fingerprint density at radius 2 is 1.95 bits per heavy atom. The number of hydrogen-bond donors (Lipinski definition) is 2. The van der Waals surface area contributed by atoms with E-state index in [9.17, 15) is 23.6 Å². The van der Waals surface area contributed by atoms with Crippen molar-refractivity contribution in [1.82, 2.24) is 24.8 Å². The zero-order valence-corrected chi connectivity index (χ0v) is 21.7. The predicted octanol–water partition coefficient (Wildman–Crippen LogP) is 1.78. The third-order valence-electron chi connectivity index (χ3n) is 6.86. The molecule has 3 aromatic rings. The molecule has 10 nitrogen and oxygen atoms in total. The van der Waals surface area contributed by atoms with E-state index < -0.39 is 23.0 Å². The first-order chi connectivity index (χ1) is 18.2. The monoisotopic (exact) mass is 522 g/mol. The molecule has 2 amide bonds. The molecule has 1 fully saturated rings. The molecule has 0 spiro atoms. The molecule has 0 bridgehead atoms. The molecule has 0 unspecified atom stereocenters. The molecule has 2 aromatic heterocycles. The number of aryl methyl sites for hydroxylation is 1. The minimum atomic E-state index is -0.633. The number of piperazine rings is 1. The first-order valence-electron chi connectivity index (χ1n) is 12.6. The van der Waals surface area contributed by atoms with Crippen molar-refractivity contribution in [3.05, 3.63) is 91.8 Å². The van der Waals surface area contributed by atoms with Crippen molar-refractivity contribution in [2.45, 2.75) is 39.3 Å². The summed E-state index contributed by atoms with van der Waals surface area (Å²) in [5.41, 5.74) is 1.15. The number of halogens is 1. The van der Waals surface area contributed by atoms with Crippen molar-refractivity contribution < 1.29 is 14.0 Å². The van der Waals surface area contributed by atoms with E-state index in [2.05, 4.69) is 20.2 Å². The summed E-state index contributed by atoms with van der Waals surface area (Å²) < 4.78 is 16.1.